The first kappa shape index (κ1) is 10.6. The summed E-state index contributed by atoms with van der Waals surface area (Å²) < 4.78 is 6.49. The van der Waals surface area contributed by atoms with Crippen LogP contribution in [0.5, 0.6) is 0 Å². The minimum absolute atomic E-state index is 0.269. The molecule has 0 amide bonds. The van der Waals surface area contributed by atoms with E-state index in [-0.39, 0.29) is 6.04 Å². The summed E-state index contributed by atoms with van der Waals surface area (Å²) >= 11 is 3.35. The predicted molar refractivity (Wildman–Crippen MR) is 63.1 cm³/mol. The molecule has 0 spiro atoms. The molecule has 80 valence electrons. The van der Waals surface area contributed by atoms with Gasteiger partial charge in [-0.1, -0.05) is 13.8 Å². The maximum atomic E-state index is 5.52. The molecular weight excluding hydrogens is 256 g/mol. The van der Waals surface area contributed by atoms with Crippen LogP contribution >= 0.6 is 15.9 Å². The number of hydrogen-bond acceptors (Lipinski definition) is 3. The van der Waals surface area contributed by atoms with Gasteiger partial charge in [0, 0.05) is 10.7 Å². The van der Waals surface area contributed by atoms with Gasteiger partial charge in [-0.3, -0.25) is 4.98 Å². The van der Waals surface area contributed by atoms with Gasteiger partial charge in [-0.25, -0.2) is 4.99 Å². The molecule has 1 aromatic heterocycles. The monoisotopic (exact) mass is 268 g/mol. The fraction of sp³-hybridized carbons (Fsp3) is 0.455. The molecular formula is C11H13BrN2O. The van der Waals surface area contributed by atoms with Crippen LogP contribution in [0.25, 0.3) is 0 Å². The van der Waals surface area contributed by atoms with E-state index in [9.17, 15) is 0 Å². The van der Waals surface area contributed by atoms with Crippen molar-refractivity contribution in [3.8, 4) is 0 Å². The topological polar surface area (TPSA) is 34.5 Å². The molecule has 0 unspecified atom stereocenters. The highest BCUT2D eigenvalue weighted by Crippen LogP contribution is 2.17. The van der Waals surface area contributed by atoms with E-state index in [0.717, 1.165) is 10.2 Å². The van der Waals surface area contributed by atoms with Crippen LogP contribution in [0.3, 0.4) is 0 Å². The minimum atomic E-state index is 0.269. The standard InChI is InChI=1S/C11H13BrN2O/c1-7(2)10-6-15-11(14-10)9-4-3-8(12)5-13-9/h3-5,7,10H,6H2,1-2H3/t10-/m0/s1. The van der Waals surface area contributed by atoms with E-state index in [1.165, 1.54) is 0 Å². The van der Waals surface area contributed by atoms with Crippen LogP contribution in [0.15, 0.2) is 27.8 Å². The number of halogens is 1. The molecule has 4 heteroatoms. The van der Waals surface area contributed by atoms with E-state index in [0.29, 0.717) is 18.4 Å². The summed E-state index contributed by atoms with van der Waals surface area (Å²) in [6.45, 7) is 4.97. The van der Waals surface area contributed by atoms with E-state index in [1.807, 2.05) is 12.1 Å². The van der Waals surface area contributed by atoms with Crippen molar-refractivity contribution in [3.05, 3.63) is 28.5 Å². The molecule has 0 radical (unpaired) electrons. The zero-order valence-electron chi connectivity index (χ0n) is 8.77. The third kappa shape index (κ3) is 2.37. The minimum Gasteiger partial charge on any atom is -0.474 e. The molecule has 0 saturated carbocycles. The summed E-state index contributed by atoms with van der Waals surface area (Å²) in [5.41, 5.74) is 0.807. The summed E-state index contributed by atoms with van der Waals surface area (Å²) in [6.07, 6.45) is 1.75. The van der Waals surface area contributed by atoms with Crippen LogP contribution in [-0.4, -0.2) is 23.5 Å². The van der Waals surface area contributed by atoms with Gasteiger partial charge in [-0.05, 0) is 34.0 Å². The van der Waals surface area contributed by atoms with Gasteiger partial charge < -0.3 is 4.74 Å². The van der Waals surface area contributed by atoms with Crippen molar-refractivity contribution in [2.24, 2.45) is 10.9 Å². The smallest absolute Gasteiger partial charge is 0.235 e. The number of aliphatic imine (C=N–C) groups is 1. The second-order valence-corrected chi connectivity index (χ2v) is 4.83. The highest BCUT2D eigenvalue weighted by atomic mass is 79.9. The number of nitrogens with zero attached hydrogens (tertiary/aromatic N) is 2. The lowest BCUT2D eigenvalue weighted by atomic mass is 10.1. The van der Waals surface area contributed by atoms with Gasteiger partial charge in [-0.15, -0.1) is 0 Å². The van der Waals surface area contributed by atoms with Crippen LogP contribution < -0.4 is 0 Å². The Morgan fingerprint density at radius 1 is 1.47 bits per heavy atom. The van der Waals surface area contributed by atoms with Gasteiger partial charge in [0.05, 0.1) is 6.04 Å². The summed E-state index contributed by atoms with van der Waals surface area (Å²) in [5.74, 6) is 1.18. The normalized spacial score (nSPS) is 20.3. The molecule has 0 bridgehead atoms. The molecule has 1 aliphatic rings. The van der Waals surface area contributed by atoms with Crippen molar-refractivity contribution in [2.75, 3.05) is 6.61 Å². The van der Waals surface area contributed by atoms with Crippen molar-refractivity contribution in [1.29, 1.82) is 0 Å². The number of pyridine rings is 1. The Morgan fingerprint density at radius 2 is 2.27 bits per heavy atom. The summed E-state index contributed by atoms with van der Waals surface area (Å²) in [6, 6.07) is 4.12. The Labute approximate surface area is 97.7 Å². The molecule has 0 aromatic carbocycles. The Hall–Kier alpha value is -0.900. The highest BCUT2D eigenvalue weighted by molar-refractivity contribution is 9.10. The molecule has 0 fully saturated rings. The summed E-state index contributed by atoms with van der Waals surface area (Å²) in [5, 5.41) is 0. The van der Waals surface area contributed by atoms with Crippen LogP contribution in [0.1, 0.15) is 19.5 Å². The maximum absolute atomic E-state index is 5.52. The lowest BCUT2D eigenvalue weighted by Gasteiger charge is -2.06. The SMILES string of the molecule is CC(C)[C@@H]1COC(c2ccc(Br)cn2)=N1. The third-order valence-electron chi connectivity index (χ3n) is 2.39. The number of hydrogen-bond donors (Lipinski definition) is 0. The second-order valence-electron chi connectivity index (χ2n) is 3.92. The zero-order chi connectivity index (χ0) is 10.8. The first-order valence-electron chi connectivity index (χ1n) is 4.99. The molecule has 2 rings (SSSR count). The summed E-state index contributed by atoms with van der Waals surface area (Å²) in [7, 11) is 0. The first-order valence-corrected chi connectivity index (χ1v) is 5.78. The fourth-order valence-electron chi connectivity index (χ4n) is 1.37. The lowest BCUT2D eigenvalue weighted by Crippen LogP contribution is -2.13. The zero-order valence-corrected chi connectivity index (χ0v) is 10.4. The van der Waals surface area contributed by atoms with Crippen molar-refractivity contribution in [2.45, 2.75) is 19.9 Å². The second kappa shape index (κ2) is 4.31. The van der Waals surface area contributed by atoms with Gasteiger partial charge >= 0.3 is 0 Å². The van der Waals surface area contributed by atoms with Crippen LogP contribution in [0, 0.1) is 5.92 Å². The van der Waals surface area contributed by atoms with Gasteiger partial charge in [-0.2, -0.15) is 0 Å². The Kier molecular flexibility index (Phi) is 3.05. The van der Waals surface area contributed by atoms with Crippen LogP contribution in [0.4, 0.5) is 0 Å². The Balaban J connectivity index is 2.19. The first-order chi connectivity index (χ1) is 7.16. The molecule has 2 heterocycles. The van der Waals surface area contributed by atoms with Crippen molar-refractivity contribution in [3.63, 3.8) is 0 Å². The molecule has 15 heavy (non-hydrogen) atoms. The maximum Gasteiger partial charge on any atom is 0.235 e. The molecule has 1 atom stereocenters. The molecule has 1 aliphatic heterocycles. The predicted octanol–water partition coefficient (Wildman–Crippen LogP) is 2.65. The number of rotatable bonds is 2. The van der Waals surface area contributed by atoms with Gasteiger partial charge in [0.25, 0.3) is 0 Å². The number of aromatic nitrogens is 1. The van der Waals surface area contributed by atoms with Crippen molar-refractivity contribution < 1.29 is 4.74 Å². The third-order valence-corrected chi connectivity index (χ3v) is 2.86. The van der Waals surface area contributed by atoms with E-state index in [1.54, 1.807) is 6.20 Å². The summed E-state index contributed by atoms with van der Waals surface area (Å²) in [4.78, 5) is 8.76. The molecule has 1 aromatic rings. The molecule has 0 aliphatic carbocycles. The van der Waals surface area contributed by atoms with Crippen molar-refractivity contribution in [1.82, 2.24) is 4.98 Å². The molecule has 3 nitrogen and oxygen atoms in total. The van der Waals surface area contributed by atoms with E-state index in [4.69, 9.17) is 4.74 Å². The highest BCUT2D eigenvalue weighted by Gasteiger charge is 2.23. The average molecular weight is 269 g/mol. The number of ether oxygens (including phenoxy) is 1. The molecule has 0 saturated heterocycles. The fourth-order valence-corrected chi connectivity index (χ4v) is 1.61. The van der Waals surface area contributed by atoms with E-state index >= 15 is 0 Å². The largest absolute Gasteiger partial charge is 0.474 e. The average Bonchev–Trinajstić information content (AvgIpc) is 2.68. The van der Waals surface area contributed by atoms with E-state index < -0.39 is 0 Å². The van der Waals surface area contributed by atoms with Gasteiger partial charge in [0.15, 0.2) is 0 Å². The Bertz CT molecular complexity index is 373. The van der Waals surface area contributed by atoms with Crippen LogP contribution in [0.2, 0.25) is 0 Å². The van der Waals surface area contributed by atoms with E-state index in [2.05, 4.69) is 39.8 Å². The lowest BCUT2D eigenvalue weighted by molar-refractivity contribution is 0.291. The molecule has 0 N–H and O–H groups in total. The van der Waals surface area contributed by atoms with Crippen molar-refractivity contribution >= 4 is 21.8 Å². The van der Waals surface area contributed by atoms with Crippen LogP contribution in [-0.2, 0) is 4.74 Å². The quantitative estimate of drug-likeness (QED) is 0.827. The van der Waals surface area contributed by atoms with Gasteiger partial charge in [0.2, 0.25) is 5.90 Å². The van der Waals surface area contributed by atoms with Gasteiger partial charge in [0.1, 0.15) is 12.3 Å². The Morgan fingerprint density at radius 3 is 2.80 bits per heavy atom.